The Bertz CT molecular complexity index is 473. The number of piperidine rings is 1. The number of aliphatic hydroxyl groups excluding tert-OH is 1. The fourth-order valence-corrected chi connectivity index (χ4v) is 2.54. The van der Waals surface area contributed by atoms with Gasteiger partial charge in [0.1, 0.15) is 5.82 Å². The van der Waals surface area contributed by atoms with E-state index in [1.807, 2.05) is 0 Å². The molecule has 1 aliphatic heterocycles. The Morgan fingerprint density at radius 3 is 3.00 bits per heavy atom. The van der Waals surface area contributed by atoms with E-state index in [1.165, 1.54) is 12.1 Å². The zero-order chi connectivity index (χ0) is 14.5. The average Bonchev–Trinajstić information content (AvgIpc) is 2.44. The molecule has 1 aliphatic rings. The van der Waals surface area contributed by atoms with E-state index in [9.17, 15) is 14.3 Å². The smallest absolute Gasteiger partial charge is 0.223 e. The number of amides is 1. The lowest BCUT2D eigenvalue weighted by Gasteiger charge is -2.27. The summed E-state index contributed by atoms with van der Waals surface area (Å²) >= 11 is 0. The Hall–Kier alpha value is -1.17. The van der Waals surface area contributed by atoms with E-state index in [4.69, 9.17) is 0 Å². The van der Waals surface area contributed by atoms with E-state index in [0.717, 1.165) is 19.4 Å². The molecule has 0 bridgehead atoms. The van der Waals surface area contributed by atoms with Gasteiger partial charge in [0.2, 0.25) is 5.91 Å². The Morgan fingerprint density at radius 2 is 2.33 bits per heavy atom. The topological polar surface area (TPSA) is 61.4 Å². The van der Waals surface area contributed by atoms with E-state index < -0.39 is 6.10 Å². The summed E-state index contributed by atoms with van der Waals surface area (Å²) in [5.74, 6) is -0.431. The van der Waals surface area contributed by atoms with E-state index in [-0.39, 0.29) is 36.6 Å². The van der Waals surface area contributed by atoms with Crippen molar-refractivity contribution in [2.24, 2.45) is 5.92 Å². The number of rotatable bonds is 4. The zero-order valence-electron chi connectivity index (χ0n) is 12.0. The van der Waals surface area contributed by atoms with Gasteiger partial charge >= 0.3 is 0 Å². The number of carbonyl (C=O) groups is 1. The molecule has 0 aliphatic carbocycles. The van der Waals surface area contributed by atoms with Gasteiger partial charge in [-0.25, -0.2) is 4.39 Å². The first-order chi connectivity index (χ1) is 9.56. The molecule has 1 heterocycles. The second-order valence-electron chi connectivity index (χ2n) is 5.39. The summed E-state index contributed by atoms with van der Waals surface area (Å²) in [6.45, 7) is 3.01. The van der Waals surface area contributed by atoms with Crippen molar-refractivity contribution in [3.63, 3.8) is 0 Å². The molecule has 1 aromatic rings. The van der Waals surface area contributed by atoms with Crippen LogP contribution in [0.5, 0.6) is 0 Å². The third-order valence-electron chi connectivity index (χ3n) is 3.70. The number of carbonyl (C=O) groups excluding carboxylic acids is 1. The molecule has 0 aromatic heterocycles. The third kappa shape index (κ3) is 5.26. The van der Waals surface area contributed by atoms with Crippen LogP contribution in [-0.2, 0) is 4.79 Å². The van der Waals surface area contributed by atoms with Gasteiger partial charge in [0, 0.05) is 18.5 Å². The molecule has 0 radical (unpaired) electrons. The predicted molar refractivity (Wildman–Crippen MR) is 81.8 cm³/mol. The van der Waals surface area contributed by atoms with Gasteiger partial charge in [-0.2, -0.15) is 0 Å². The van der Waals surface area contributed by atoms with Gasteiger partial charge in [-0.05, 0) is 44.0 Å². The summed E-state index contributed by atoms with van der Waals surface area (Å²) < 4.78 is 13.1. The maximum absolute atomic E-state index is 13.1. The first-order valence-electron chi connectivity index (χ1n) is 7.01. The van der Waals surface area contributed by atoms with Gasteiger partial charge in [0.05, 0.1) is 6.10 Å². The molecule has 1 saturated heterocycles. The van der Waals surface area contributed by atoms with Crippen LogP contribution >= 0.6 is 12.4 Å². The van der Waals surface area contributed by atoms with E-state index in [2.05, 4.69) is 17.6 Å². The molecule has 1 aromatic carbocycles. The lowest BCUT2D eigenvalue weighted by molar-refractivity contribution is -0.126. The molecule has 4 nitrogen and oxygen atoms in total. The molecule has 0 spiro atoms. The zero-order valence-corrected chi connectivity index (χ0v) is 12.8. The summed E-state index contributed by atoms with van der Waals surface area (Å²) in [5.41, 5.74) is 0.476. The monoisotopic (exact) mass is 316 g/mol. The van der Waals surface area contributed by atoms with Gasteiger partial charge in [0.25, 0.3) is 0 Å². The summed E-state index contributed by atoms with van der Waals surface area (Å²) in [5, 5.41) is 16.0. The molecule has 21 heavy (non-hydrogen) atoms. The normalized spacial score (nSPS) is 23.0. The second-order valence-corrected chi connectivity index (χ2v) is 5.39. The minimum atomic E-state index is -0.881. The number of halogens is 2. The highest BCUT2D eigenvalue weighted by Gasteiger charge is 2.24. The average molecular weight is 317 g/mol. The standard InChI is InChI=1S/C15H21FN2O2.ClH/c1-10-7-12(5-6-17-10)15(20)18-9-14(19)11-3-2-4-13(16)8-11;/h2-4,8,10,12,14,17,19H,5-7,9H2,1H3,(H,18,20);1H/t10-,12-,14?;/m0./s1. The van der Waals surface area contributed by atoms with Gasteiger partial charge in [-0.15, -0.1) is 12.4 Å². The van der Waals surface area contributed by atoms with Crippen LogP contribution < -0.4 is 10.6 Å². The van der Waals surface area contributed by atoms with E-state index in [1.54, 1.807) is 12.1 Å². The van der Waals surface area contributed by atoms with Crippen LogP contribution in [0, 0.1) is 11.7 Å². The number of benzene rings is 1. The fraction of sp³-hybridized carbons (Fsp3) is 0.533. The van der Waals surface area contributed by atoms with Crippen molar-refractivity contribution in [1.29, 1.82) is 0 Å². The maximum atomic E-state index is 13.1. The van der Waals surface area contributed by atoms with Crippen LogP contribution in [-0.4, -0.2) is 30.1 Å². The van der Waals surface area contributed by atoms with Crippen molar-refractivity contribution in [2.45, 2.75) is 31.9 Å². The Balaban J connectivity index is 0.00000220. The largest absolute Gasteiger partial charge is 0.387 e. The molecule has 0 saturated carbocycles. The summed E-state index contributed by atoms with van der Waals surface area (Å²) in [6, 6.07) is 6.14. The van der Waals surface area contributed by atoms with Crippen molar-refractivity contribution >= 4 is 18.3 Å². The van der Waals surface area contributed by atoms with Crippen LogP contribution in [0.2, 0.25) is 0 Å². The molecule has 118 valence electrons. The minimum Gasteiger partial charge on any atom is -0.387 e. The van der Waals surface area contributed by atoms with Crippen LogP contribution in [0.15, 0.2) is 24.3 Å². The summed E-state index contributed by atoms with van der Waals surface area (Å²) in [4.78, 5) is 12.0. The molecule has 3 atom stereocenters. The quantitative estimate of drug-likeness (QED) is 0.793. The van der Waals surface area contributed by atoms with Gasteiger partial charge in [0.15, 0.2) is 0 Å². The van der Waals surface area contributed by atoms with Crippen LogP contribution in [0.3, 0.4) is 0 Å². The fourth-order valence-electron chi connectivity index (χ4n) is 2.54. The Morgan fingerprint density at radius 1 is 1.57 bits per heavy atom. The molecular formula is C15H22ClFN2O2. The first-order valence-corrected chi connectivity index (χ1v) is 7.01. The van der Waals surface area contributed by atoms with Crippen molar-refractivity contribution in [2.75, 3.05) is 13.1 Å². The van der Waals surface area contributed by atoms with Gasteiger partial charge < -0.3 is 15.7 Å². The van der Waals surface area contributed by atoms with Crippen molar-refractivity contribution in [3.05, 3.63) is 35.6 Å². The molecule has 1 unspecified atom stereocenters. The number of nitrogens with one attached hydrogen (secondary N) is 2. The van der Waals surface area contributed by atoms with Crippen molar-refractivity contribution in [3.8, 4) is 0 Å². The van der Waals surface area contributed by atoms with Crippen LogP contribution in [0.4, 0.5) is 4.39 Å². The van der Waals surface area contributed by atoms with Crippen LogP contribution in [0.25, 0.3) is 0 Å². The minimum absolute atomic E-state index is 0. The van der Waals surface area contributed by atoms with Gasteiger partial charge in [-0.3, -0.25) is 4.79 Å². The first kappa shape index (κ1) is 17.9. The molecule has 1 amide bonds. The van der Waals surface area contributed by atoms with E-state index >= 15 is 0 Å². The second kappa shape index (κ2) is 8.32. The van der Waals surface area contributed by atoms with Crippen molar-refractivity contribution in [1.82, 2.24) is 10.6 Å². The molecular weight excluding hydrogens is 295 g/mol. The molecule has 1 fully saturated rings. The van der Waals surface area contributed by atoms with E-state index in [0.29, 0.717) is 11.6 Å². The third-order valence-corrected chi connectivity index (χ3v) is 3.70. The molecule has 3 N–H and O–H groups in total. The SMILES string of the molecule is C[C@H]1C[C@@H](C(=O)NCC(O)c2cccc(F)c2)CCN1.Cl. The highest BCUT2D eigenvalue weighted by molar-refractivity contribution is 5.85. The molecule has 2 rings (SSSR count). The number of hydrogen-bond donors (Lipinski definition) is 3. The predicted octanol–water partition coefficient (Wildman–Crippen LogP) is 1.79. The lowest BCUT2D eigenvalue weighted by Crippen LogP contribution is -2.43. The van der Waals surface area contributed by atoms with Gasteiger partial charge in [-0.1, -0.05) is 12.1 Å². The maximum Gasteiger partial charge on any atom is 0.223 e. The summed E-state index contributed by atoms with van der Waals surface area (Å²) in [7, 11) is 0. The number of hydrogen-bond acceptors (Lipinski definition) is 3. The summed E-state index contributed by atoms with van der Waals surface area (Å²) in [6.07, 6.45) is 0.738. The van der Waals surface area contributed by atoms with Crippen molar-refractivity contribution < 1.29 is 14.3 Å². The van der Waals surface area contributed by atoms with Crippen LogP contribution in [0.1, 0.15) is 31.4 Å². The molecule has 6 heteroatoms. The highest BCUT2D eigenvalue weighted by atomic mass is 35.5. The highest BCUT2D eigenvalue weighted by Crippen LogP contribution is 2.17. The Labute approximate surface area is 130 Å². The Kier molecular flexibility index (Phi) is 7.08. The lowest BCUT2D eigenvalue weighted by atomic mass is 9.92. The number of aliphatic hydroxyl groups is 1.